The van der Waals surface area contributed by atoms with Gasteiger partial charge in [0.05, 0.1) is 12.2 Å². The van der Waals surface area contributed by atoms with E-state index in [1.807, 2.05) is 0 Å². The van der Waals surface area contributed by atoms with Gasteiger partial charge >= 0.3 is 0 Å². The van der Waals surface area contributed by atoms with E-state index in [4.69, 9.17) is 0 Å². The monoisotopic (exact) mass is 243 g/mol. The van der Waals surface area contributed by atoms with Crippen LogP contribution in [0.1, 0.15) is 23.7 Å². The molecule has 0 saturated carbocycles. The van der Waals surface area contributed by atoms with E-state index in [1.165, 1.54) is 12.3 Å². The number of hydrogen-bond acceptors (Lipinski definition) is 3. The van der Waals surface area contributed by atoms with Crippen molar-refractivity contribution in [3.05, 3.63) is 23.6 Å². The van der Waals surface area contributed by atoms with Crippen LogP contribution in [0, 0.1) is 5.82 Å². The predicted octanol–water partition coefficient (Wildman–Crippen LogP) is 1.74. The molecule has 0 atom stereocenters. The summed E-state index contributed by atoms with van der Waals surface area (Å²) in [5.74, 6) is -1.20. The van der Waals surface area contributed by atoms with Gasteiger partial charge in [-0.2, -0.15) is 0 Å². The molecule has 94 valence electrons. The van der Waals surface area contributed by atoms with Crippen LogP contribution in [0.5, 0.6) is 0 Å². The smallest absolute Gasteiger partial charge is 0.254 e. The predicted molar refractivity (Wildman–Crippen MR) is 61.3 cm³/mol. The van der Waals surface area contributed by atoms with Gasteiger partial charge in [0.15, 0.2) is 11.6 Å². The molecular formula is C11H15F2N3O. The van der Waals surface area contributed by atoms with Crippen LogP contribution in [0.25, 0.3) is 0 Å². The highest BCUT2D eigenvalue weighted by molar-refractivity contribution is 5.95. The summed E-state index contributed by atoms with van der Waals surface area (Å²) in [6.45, 7) is 1.99. The molecule has 2 N–H and O–H groups in total. The number of halogens is 2. The number of nitrogens with one attached hydrogen (secondary N) is 2. The average Bonchev–Trinajstić information content (AvgIpc) is 2.32. The minimum atomic E-state index is -0.688. The van der Waals surface area contributed by atoms with Gasteiger partial charge in [-0.25, -0.2) is 9.37 Å². The Morgan fingerprint density at radius 2 is 2.29 bits per heavy atom. The number of aromatic nitrogens is 1. The van der Waals surface area contributed by atoms with Crippen molar-refractivity contribution >= 4 is 11.7 Å². The number of rotatable bonds is 6. The molecule has 0 bridgehead atoms. The number of nitrogens with zero attached hydrogens (tertiary/aromatic N) is 1. The van der Waals surface area contributed by atoms with Crippen LogP contribution < -0.4 is 10.6 Å². The highest BCUT2D eigenvalue weighted by atomic mass is 19.1. The first kappa shape index (κ1) is 13.3. The Labute approximate surface area is 98.4 Å². The third-order valence-corrected chi connectivity index (χ3v) is 2.07. The van der Waals surface area contributed by atoms with E-state index >= 15 is 0 Å². The molecule has 0 aromatic carbocycles. The number of carbonyl (C=O) groups excluding carboxylic acids is 1. The van der Waals surface area contributed by atoms with E-state index in [-0.39, 0.29) is 24.3 Å². The minimum absolute atomic E-state index is 0.0469. The lowest BCUT2D eigenvalue weighted by Gasteiger charge is -2.08. The Kier molecular flexibility index (Phi) is 5.32. The first-order valence-corrected chi connectivity index (χ1v) is 5.43. The van der Waals surface area contributed by atoms with Crippen LogP contribution in [-0.4, -0.2) is 30.7 Å². The molecule has 0 aliphatic rings. The molecule has 0 aliphatic heterocycles. The Morgan fingerprint density at radius 1 is 1.53 bits per heavy atom. The summed E-state index contributed by atoms with van der Waals surface area (Å²) >= 11 is 0. The Morgan fingerprint density at radius 3 is 2.94 bits per heavy atom. The third-order valence-electron chi connectivity index (χ3n) is 2.07. The summed E-state index contributed by atoms with van der Waals surface area (Å²) in [6.07, 6.45) is 1.57. The minimum Gasteiger partial charge on any atom is -0.368 e. The maximum absolute atomic E-state index is 13.8. The molecule has 0 unspecified atom stereocenters. The summed E-state index contributed by atoms with van der Waals surface area (Å²) in [4.78, 5) is 15.3. The molecule has 4 nitrogen and oxygen atoms in total. The Bertz CT molecular complexity index is 385. The standard InChI is InChI=1S/C11H15F2N3O/c1-2-14-10-9(13)8(4-7-15-10)11(17)16-6-3-5-12/h4,7H,2-3,5-6H2,1H3,(H,14,15)(H,16,17). The van der Waals surface area contributed by atoms with Crippen LogP contribution in [0.3, 0.4) is 0 Å². The lowest BCUT2D eigenvalue weighted by Crippen LogP contribution is -2.26. The van der Waals surface area contributed by atoms with Crippen LogP contribution in [0.4, 0.5) is 14.6 Å². The molecule has 17 heavy (non-hydrogen) atoms. The SMILES string of the molecule is CCNc1nccc(C(=O)NCCCF)c1F. The third kappa shape index (κ3) is 3.65. The number of anilines is 1. The molecule has 1 heterocycles. The van der Waals surface area contributed by atoms with Crippen molar-refractivity contribution in [1.82, 2.24) is 10.3 Å². The molecule has 1 aromatic heterocycles. The maximum Gasteiger partial charge on any atom is 0.254 e. The van der Waals surface area contributed by atoms with Gasteiger partial charge < -0.3 is 10.6 Å². The van der Waals surface area contributed by atoms with Gasteiger partial charge in [0.25, 0.3) is 5.91 Å². The quantitative estimate of drug-likeness (QED) is 0.748. The van der Waals surface area contributed by atoms with E-state index in [2.05, 4.69) is 15.6 Å². The number of hydrogen-bond donors (Lipinski definition) is 2. The average molecular weight is 243 g/mol. The van der Waals surface area contributed by atoms with E-state index < -0.39 is 18.4 Å². The van der Waals surface area contributed by atoms with E-state index in [0.29, 0.717) is 6.54 Å². The Balaban J connectivity index is 2.75. The van der Waals surface area contributed by atoms with Crippen molar-refractivity contribution in [2.45, 2.75) is 13.3 Å². The molecule has 0 saturated heterocycles. The van der Waals surface area contributed by atoms with Crippen molar-refractivity contribution < 1.29 is 13.6 Å². The maximum atomic E-state index is 13.8. The van der Waals surface area contributed by atoms with Gasteiger partial charge in [-0.15, -0.1) is 0 Å². The highest BCUT2D eigenvalue weighted by Gasteiger charge is 2.14. The lowest BCUT2D eigenvalue weighted by molar-refractivity contribution is 0.0948. The molecule has 0 aliphatic carbocycles. The van der Waals surface area contributed by atoms with Gasteiger partial charge in [0.1, 0.15) is 0 Å². The zero-order chi connectivity index (χ0) is 12.7. The number of amides is 1. The molecule has 1 rings (SSSR count). The molecule has 0 fully saturated rings. The van der Waals surface area contributed by atoms with Crippen LogP contribution in [-0.2, 0) is 0 Å². The summed E-state index contributed by atoms with van der Waals surface area (Å²) in [6, 6.07) is 1.29. The van der Waals surface area contributed by atoms with Gasteiger partial charge in [0.2, 0.25) is 0 Å². The van der Waals surface area contributed by atoms with Crippen molar-refractivity contribution in [3.8, 4) is 0 Å². The number of carbonyl (C=O) groups is 1. The number of pyridine rings is 1. The fourth-order valence-corrected chi connectivity index (χ4v) is 1.27. The van der Waals surface area contributed by atoms with E-state index in [1.54, 1.807) is 6.92 Å². The van der Waals surface area contributed by atoms with Crippen LogP contribution in [0.2, 0.25) is 0 Å². The van der Waals surface area contributed by atoms with Gasteiger partial charge in [0, 0.05) is 19.3 Å². The first-order valence-electron chi connectivity index (χ1n) is 5.43. The molecule has 6 heteroatoms. The summed E-state index contributed by atoms with van der Waals surface area (Å²) in [7, 11) is 0. The van der Waals surface area contributed by atoms with Crippen molar-refractivity contribution in [2.75, 3.05) is 25.1 Å². The Hall–Kier alpha value is -1.72. The molecule has 0 spiro atoms. The lowest BCUT2D eigenvalue weighted by atomic mass is 10.2. The topological polar surface area (TPSA) is 54.0 Å². The van der Waals surface area contributed by atoms with Gasteiger partial charge in [-0.05, 0) is 19.4 Å². The van der Waals surface area contributed by atoms with Crippen molar-refractivity contribution in [1.29, 1.82) is 0 Å². The fraction of sp³-hybridized carbons (Fsp3) is 0.455. The number of alkyl halides is 1. The molecule has 1 aromatic rings. The highest BCUT2D eigenvalue weighted by Crippen LogP contribution is 2.14. The van der Waals surface area contributed by atoms with Gasteiger partial charge in [-0.3, -0.25) is 9.18 Å². The molecular weight excluding hydrogens is 228 g/mol. The first-order chi connectivity index (χ1) is 8.20. The van der Waals surface area contributed by atoms with Crippen LogP contribution >= 0.6 is 0 Å². The zero-order valence-corrected chi connectivity index (χ0v) is 9.59. The largest absolute Gasteiger partial charge is 0.368 e. The normalized spacial score (nSPS) is 10.1. The zero-order valence-electron chi connectivity index (χ0n) is 9.59. The second-order valence-corrected chi connectivity index (χ2v) is 3.35. The summed E-state index contributed by atoms with van der Waals surface area (Å²) < 4.78 is 25.6. The van der Waals surface area contributed by atoms with Gasteiger partial charge in [-0.1, -0.05) is 0 Å². The second-order valence-electron chi connectivity index (χ2n) is 3.35. The second kappa shape index (κ2) is 6.78. The summed E-state index contributed by atoms with van der Waals surface area (Å²) in [5.41, 5.74) is -0.0881. The van der Waals surface area contributed by atoms with E-state index in [9.17, 15) is 13.6 Å². The van der Waals surface area contributed by atoms with Crippen molar-refractivity contribution in [2.24, 2.45) is 0 Å². The van der Waals surface area contributed by atoms with Crippen LogP contribution in [0.15, 0.2) is 12.3 Å². The van der Waals surface area contributed by atoms with Crippen molar-refractivity contribution in [3.63, 3.8) is 0 Å². The molecule has 0 radical (unpaired) electrons. The van der Waals surface area contributed by atoms with E-state index in [0.717, 1.165) is 0 Å². The fourth-order valence-electron chi connectivity index (χ4n) is 1.27. The molecule has 1 amide bonds. The summed E-state index contributed by atoms with van der Waals surface area (Å²) in [5, 5.41) is 5.15.